The Morgan fingerprint density at radius 3 is 0.548 bits per heavy atom. The van der Waals surface area contributed by atoms with Gasteiger partial charge in [-0.2, -0.15) is 0 Å². The van der Waals surface area contributed by atoms with Gasteiger partial charge in [-0.05, 0) is 71.9 Å². The molecule has 3 aliphatic rings. The van der Waals surface area contributed by atoms with E-state index in [9.17, 15) is 28.8 Å². The molecule has 4 rings (SSSR count). The van der Waals surface area contributed by atoms with E-state index in [4.69, 9.17) is 28.4 Å². The normalized spacial score (nSPS) is 25.9. The van der Waals surface area contributed by atoms with Crippen LogP contribution in [-0.4, -0.2) is 78.5 Å². The summed E-state index contributed by atoms with van der Waals surface area (Å²) in [6.07, 6.45) is 0.735. The van der Waals surface area contributed by atoms with Crippen LogP contribution in [0, 0.1) is 35.5 Å². The maximum atomic E-state index is 12.9. The second-order valence-corrected chi connectivity index (χ2v) is 10.9. The summed E-state index contributed by atoms with van der Waals surface area (Å²) in [4.78, 5) is 77.5. The summed E-state index contributed by atoms with van der Waals surface area (Å²) in [5.41, 5.74) is 4.56. The molecule has 0 fully saturated rings. The van der Waals surface area contributed by atoms with E-state index in [0.29, 0.717) is 0 Å². The molecule has 0 unspecified atom stereocenters. The lowest BCUT2D eigenvalue weighted by molar-refractivity contribution is -0.158. The molecule has 0 aromatic heterocycles. The van der Waals surface area contributed by atoms with Crippen LogP contribution >= 0.6 is 0 Å². The van der Waals surface area contributed by atoms with E-state index in [2.05, 4.69) is 0 Å². The lowest BCUT2D eigenvalue weighted by Crippen LogP contribution is -2.44. The van der Waals surface area contributed by atoms with Crippen molar-refractivity contribution >= 4 is 35.8 Å². The second kappa shape index (κ2) is 12.5. The van der Waals surface area contributed by atoms with Crippen LogP contribution in [0.15, 0.2) is 0 Å². The van der Waals surface area contributed by atoms with Crippen LogP contribution in [0.5, 0.6) is 0 Å². The van der Waals surface area contributed by atoms with E-state index in [-0.39, 0.29) is 38.5 Å². The Morgan fingerprint density at radius 2 is 0.452 bits per heavy atom. The average molecular weight is 589 g/mol. The second-order valence-electron chi connectivity index (χ2n) is 10.9. The Labute approximate surface area is 243 Å². The number of carbonyl (C=O) groups excluding carboxylic acids is 6. The number of carbonyl (C=O) groups is 6. The van der Waals surface area contributed by atoms with Crippen molar-refractivity contribution in [3.05, 3.63) is 33.4 Å². The number of rotatable bonds is 6. The van der Waals surface area contributed by atoms with E-state index in [0.717, 1.165) is 33.4 Å². The van der Waals surface area contributed by atoms with Crippen LogP contribution in [0.25, 0.3) is 0 Å². The minimum atomic E-state index is -0.852. The van der Waals surface area contributed by atoms with Crippen molar-refractivity contribution in [3.8, 4) is 0 Å². The summed E-state index contributed by atoms with van der Waals surface area (Å²) in [5.74, 6) is -8.57. The van der Waals surface area contributed by atoms with Crippen molar-refractivity contribution in [1.82, 2.24) is 0 Å². The van der Waals surface area contributed by atoms with Crippen molar-refractivity contribution in [2.45, 2.75) is 38.5 Å². The summed E-state index contributed by atoms with van der Waals surface area (Å²) in [7, 11) is 7.48. The van der Waals surface area contributed by atoms with Gasteiger partial charge in [0.25, 0.3) is 0 Å². The van der Waals surface area contributed by atoms with Gasteiger partial charge in [-0.1, -0.05) is 0 Å². The van der Waals surface area contributed by atoms with Crippen molar-refractivity contribution in [2.24, 2.45) is 35.5 Å². The number of benzene rings is 1. The molecule has 1 aromatic rings. The molecular formula is C30H36O12. The highest BCUT2D eigenvalue weighted by atomic mass is 16.5. The van der Waals surface area contributed by atoms with Crippen LogP contribution in [-0.2, 0) is 95.7 Å². The third-order valence-electron chi connectivity index (χ3n) is 9.21. The first kappa shape index (κ1) is 31.0. The van der Waals surface area contributed by atoms with Crippen molar-refractivity contribution in [2.75, 3.05) is 42.7 Å². The zero-order valence-electron chi connectivity index (χ0n) is 24.6. The van der Waals surface area contributed by atoms with Crippen LogP contribution in [0.2, 0.25) is 0 Å². The maximum Gasteiger partial charge on any atom is 0.309 e. The third-order valence-corrected chi connectivity index (χ3v) is 9.21. The van der Waals surface area contributed by atoms with E-state index in [1.165, 1.54) is 42.7 Å². The number of hydrogen-bond acceptors (Lipinski definition) is 12. The molecule has 228 valence electrons. The summed E-state index contributed by atoms with van der Waals surface area (Å²) >= 11 is 0. The van der Waals surface area contributed by atoms with Gasteiger partial charge in [-0.3, -0.25) is 28.8 Å². The summed E-state index contributed by atoms with van der Waals surface area (Å²) in [6, 6.07) is 0. The molecular weight excluding hydrogens is 552 g/mol. The number of hydrogen-bond donors (Lipinski definition) is 0. The zero-order valence-corrected chi connectivity index (χ0v) is 24.6. The zero-order chi connectivity index (χ0) is 30.9. The lowest BCUT2D eigenvalue weighted by atomic mass is 9.62. The fourth-order valence-corrected chi connectivity index (χ4v) is 7.14. The topological polar surface area (TPSA) is 158 Å². The standard InChI is InChI=1S/C30H36O12/c1-37-25(31)19-7-13-14(8-20(19)26(32)38-2)16-10-22(28(34)40-4)24(30(36)42-6)12-18(16)17-11-23(29(35)41-5)21(9-15(13)17)27(33)39-3/h19-24H,7-12H2,1-6H3/t19-,20+,21-,22-,23+,24+. The minimum Gasteiger partial charge on any atom is -0.469 e. The molecule has 0 bridgehead atoms. The van der Waals surface area contributed by atoms with E-state index >= 15 is 0 Å². The molecule has 0 saturated heterocycles. The quantitative estimate of drug-likeness (QED) is 0.339. The molecule has 0 aliphatic heterocycles. The Morgan fingerprint density at radius 1 is 0.333 bits per heavy atom. The molecule has 0 heterocycles. The average Bonchev–Trinajstić information content (AvgIpc) is 3.04. The molecule has 12 heteroatoms. The molecule has 6 atom stereocenters. The fraction of sp³-hybridized carbons (Fsp3) is 0.600. The van der Waals surface area contributed by atoms with Crippen LogP contribution < -0.4 is 0 Å². The first-order valence-corrected chi connectivity index (χ1v) is 13.7. The smallest absolute Gasteiger partial charge is 0.309 e. The van der Waals surface area contributed by atoms with Crippen LogP contribution in [0.4, 0.5) is 0 Å². The number of esters is 6. The van der Waals surface area contributed by atoms with Gasteiger partial charge in [0.1, 0.15) is 0 Å². The summed E-state index contributed by atoms with van der Waals surface area (Å²) < 4.78 is 30.3. The van der Waals surface area contributed by atoms with Gasteiger partial charge in [-0.15, -0.1) is 0 Å². The van der Waals surface area contributed by atoms with Gasteiger partial charge < -0.3 is 28.4 Å². The van der Waals surface area contributed by atoms with Gasteiger partial charge in [-0.25, -0.2) is 0 Å². The van der Waals surface area contributed by atoms with Crippen molar-refractivity contribution in [1.29, 1.82) is 0 Å². The maximum absolute atomic E-state index is 12.9. The predicted octanol–water partition coefficient (Wildman–Crippen LogP) is 0.718. The largest absolute Gasteiger partial charge is 0.469 e. The number of ether oxygens (including phenoxy) is 6. The Balaban J connectivity index is 2.00. The molecule has 3 aliphatic carbocycles. The van der Waals surface area contributed by atoms with Gasteiger partial charge in [0.15, 0.2) is 0 Å². The highest BCUT2D eigenvalue weighted by molar-refractivity contribution is 5.87. The lowest BCUT2D eigenvalue weighted by Gasteiger charge is -2.41. The monoisotopic (exact) mass is 588 g/mol. The molecule has 0 amide bonds. The molecule has 0 saturated carbocycles. The molecule has 1 aromatic carbocycles. The summed E-state index contributed by atoms with van der Waals surface area (Å²) in [6.45, 7) is 0. The Bertz CT molecular complexity index is 1040. The van der Waals surface area contributed by atoms with Crippen LogP contribution in [0.3, 0.4) is 0 Å². The molecule has 0 radical (unpaired) electrons. The first-order chi connectivity index (χ1) is 20.1. The minimum absolute atomic E-state index is 0.123. The molecule has 12 nitrogen and oxygen atoms in total. The van der Waals surface area contributed by atoms with Crippen molar-refractivity contribution < 1.29 is 57.2 Å². The van der Waals surface area contributed by atoms with E-state index in [1.54, 1.807) is 0 Å². The Kier molecular flexibility index (Phi) is 9.22. The number of methoxy groups -OCH3 is 6. The molecule has 0 spiro atoms. The van der Waals surface area contributed by atoms with Gasteiger partial charge >= 0.3 is 35.8 Å². The summed E-state index contributed by atoms with van der Waals surface area (Å²) in [5, 5.41) is 0. The van der Waals surface area contributed by atoms with Crippen molar-refractivity contribution in [3.63, 3.8) is 0 Å². The van der Waals surface area contributed by atoms with Gasteiger partial charge in [0.05, 0.1) is 78.2 Å². The molecule has 42 heavy (non-hydrogen) atoms. The van der Waals surface area contributed by atoms with Gasteiger partial charge in [0, 0.05) is 0 Å². The molecule has 0 N–H and O–H groups in total. The van der Waals surface area contributed by atoms with Gasteiger partial charge in [0.2, 0.25) is 0 Å². The fourth-order valence-electron chi connectivity index (χ4n) is 7.14. The van der Waals surface area contributed by atoms with Crippen LogP contribution in [0.1, 0.15) is 33.4 Å². The van der Waals surface area contributed by atoms with E-state index in [1.807, 2.05) is 0 Å². The SMILES string of the molecule is COC(=O)[C@H]1Cc2c3c(c4c(c2C[C@H]1C(=O)OC)C[C@H](C(=O)OC)[C@H](C(=O)OC)C4)C[C@@H](C(=O)OC)[C@@H](C(=O)OC)C3. The highest BCUT2D eigenvalue weighted by Crippen LogP contribution is 2.47. The Hall–Kier alpha value is -3.96. The predicted molar refractivity (Wildman–Crippen MR) is 142 cm³/mol. The highest BCUT2D eigenvalue weighted by Gasteiger charge is 2.49. The third kappa shape index (κ3) is 5.22. The van der Waals surface area contributed by atoms with E-state index < -0.39 is 71.3 Å². The first-order valence-electron chi connectivity index (χ1n) is 13.7. The number of fused-ring (bicyclic) bond motifs is 6.